The summed E-state index contributed by atoms with van der Waals surface area (Å²) in [6, 6.07) is -1.16. The third kappa shape index (κ3) is 5.43. The Labute approximate surface area is 187 Å². The molecule has 32 heavy (non-hydrogen) atoms. The van der Waals surface area contributed by atoms with E-state index in [9.17, 15) is 17.2 Å². The van der Waals surface area contributed by atoms with Crippen molar-refractivity contribution in [2.24, 2.45) is 7.05 Å². The SMILES string of the molecule is Cn1cc(Nc2ncc(Cl)c(N[C@@H]3COC4C3OC[C@@H]4NS(=O)(=O)CC(C)(F)F)n2)cn1. The number of halogens is 3. The number of sulfonamides is 1. The van der Waals surface area contributed by atoms with Gasteiger partial charge in [0.2, 0.25) is 16.0 Å². The largest absolute Gasteiger partial charge is 0.371 e. The minimum Gasteiger partial charge on any atom is -0.371 e. The fourth-order valence-electron chi connectivity index (χ4n) is 3.65. The standard InChI is InChI=1S/C17H22ClF2N7O4S/c1-17(19,20)8-32(28,29)26-12-7-31-13-11(6-30-14(12)13)24-15-10(18)4-21-16(25-15)23-9-3-22-27(2)5-9/h3-5,11-14,26H,6-8H2,1-2H3,(H2,21,23,24,25)/t11-,12+,13?,14?/m1/s1. The van der Waals surface area contributed by atoms with Gasteiger partial charge in [-0.1, -0.05) is 11.6 Å². The lowest BCUT2D eigenvalue weighted by Crippen LogP contribution is -2.47. The van der Waals surface area contributed by atoms with Crippen LogP contribution in [0.4, 0.5) is 26.2 Å². The Balaban J connectivity index is 1.41. The molecule has 176 valence electrons. The maximum Gasteiger partial charge on any atom is 0.260 e. The van der Waals surface area contributed by atoms with Crippen molar-refractivity contribution in [2.75, 3.05) is 29.6 Å². The third-order valence-electron chi connectivity index (χ3n) is 4.86. The van der Waals surface area contributed by atoms with Gasteiger partial charge in [0.05, 0.1) is 43.4 Å². The van der Waals surface area contributed by atoms with Gasteiger partial charge in [-0.3, -0.25) is 4.68 Å². The lowest BCUT2D eigenvalue weighted by Gasteiger charge is -2.20. The predicted molar refractivity (Wildman–Crippen MR) is 112 cm³/mol. The van der Waals surface area contributed by atoms with Crippen LogP contribution in [0.3, 0.4) is 0 Å². The smallest absolute Gasteiger partial charge is 0.260 e. The van der Waals surface area contributed by atoms with Crippen LogP contribution in [0.2, 0.25) is 5.02 Å². The molecule has 0 aromatic carbocycles. The van der Waals surface area contributed by atoms with E-state index in [0.717, 1.165) is 0 Å². The Morgan fingerprint density at radius 3 is 2.59 bits per heavy atom. The number of nitrogens with one attached hydrogen (secondary N) is 3. The van der Waals surface area contributed by atoms with Crippen LogP contribution in [0, 0.1) is 0 Å². The van der Waals surface area contributed by atoms with Crippen molar-refractivity contribution in [1.29, 1.82) is 0 Å². The summed E-state index contributed by atoms with van der Waals surface area (Å²) in [6.07, 6.45) is 3.64. The molecule has 2 aliphatic heterocycles. The highest BCUT2D eigenvalue weighted by Gasteiger charge is 2.49. The number of nitrogens with zero attached hydrogens (tertiary/aromatic N) is 4. The van der Waals surface area contributed by atoms with E-state index in [4.69, 9.17) is 21.1 Å². The fourth-order valence-corrected chi connectivity index (χ4v) is 5.21. The van der Waals surface area contributed by atoms with Crippen LogP contribution in [-0.2, 0) is 26.5 Å². The van der Waals surface area contributed by atoms with Crippen LogP contribution < -0.4 is 15.4 Å². The Morgan fingerprint density at radius 1 is 1.25 bits per heavy atom. The molecule has 2 saturated heterocycles. The first kappa shape index (κ1) is 23.0. The van der Waals surface area contributed by atoms with Crippen LogP contribution >= 0.6 is 11.6 Å². The van der Waals surface area contributed by atoms with Crippen molar-refractivity contribution in [3.8, 4) is 0 Å². The number of rotatable bonds is 8. The minimum atomic E-state index is -4.22. The Morgan fingerprint density at radius 2 is 1.94 bits per heavy atom. The van der Waals surface area contributed by atoms with E-state index in [1.807, 2.05) is 0 Å². The zero-order valence-corrected chi connectivity index (χ0v) is 18.7. The molecule has 2 aromatic rings. The quantitative estimate of drug-likeness (QED) is 0.495. The summed E-state index contributed by atoms with van der Waals surface area (Å²) >= 11 is 6.23. The monoisotopic (exact) mass is 493 g/mol. The predicted octanol–water partition coefficient (Wildman–Crippen LogP) is 1.13. The molecule has 0 amide bonds. The van der Waals surface area contributed by atoms with E-state index in [2.05, 4.69) is 30.4 Å². The molecule has 2 aliphatic rings. The summed E-state index contributed by atoms with van der Waals surface area (Å²) in [5.41, 5.74) is 0.692. The molecule has 15 heteroatoms. The summed E-state index contributed by atoms with van der Waals surface area (Å²) in [5.74, 6) is -4.03. The van der Waals surface area contributed by atoms with Gasteiger partial charge in [0.25, 0.3) is 5.92 Å². The van der Waals surface area contributed by atoms with Crippen LogP contribution in [-0.4, -0.2) is 77.3 Å². The molecule has 2 unspecified atom stereocenters. The van der Waals surface area contributed by atoms with Crippen LogP contribution in [0.1, 0.15) is 6.92 Å². The average Bonchev–Trinajstić information content (AvgIpc) is 3.35. The second kappa shape index (κ2) is 8.67. The molecule has 0 radical (unpaired) electrons. The molecule has 4 atom stereocenters. The van der Waals surface area contributed by atoms with E-state index in [-0.39, 0.29) is 24.3 Å². The van der Waals surface area contributed by atoms with Crippen molar-refractivity contribution in [1.82, 2.24) is 24.5 Å². The third-order valence-corrected chi connectivity index (χ3v) is 6.68. The molecule has 0 saturated carbocycles. The molecule has 0 aliphatic carbocycles. The Bertz CT molecular complexity index is 1080. The number of ether oxygens (including phenoxy) is 2. The van der Waals surface area contributed by atoms with Crippen molar-refractivity contribution in [3.05, 3.63) is 23.6 Å². The van der Waals surface area contributed by atoms with Gasteiger partial charge in [-0.25, -0.2) is 26.9 Å². The first-order valence-electron chi connectivity index (χ1n) is 9.65. The van der Waals surface area contributed by atoms with E-state index in [0.29, 0.717) is 24.4 Å². The molecule has 4 heterocycles. The maximum absolute atomic E-state index is 13.1. The van der Waals surface area contributed by atoms with E-state index in [1.54, 1.807) is 24.1 Å². The van der Waals surface area contributed by atoms with E-state index in [1.165, 1.54) is 6.20 Å². The second-order valence-corrected chi connectivity index (χ2v) is 9.98. The maximum atomic E-state index is 13.1. The summed E-state index contributed by atoms with van der Waals surface area (Å²) in [7, 11) is -2.44. The van der Waals surface area contributed by atoms with Gasteiger partial charge in [-0.15, -0.1) is 0 Å². The summed E-state index contributed by atoms with van der Waals surface area (Å²) in [6.45, 7) is 0.728. The molecule has 2 fully saturated rings. The van der Waals surface area contributed by atoms with E-state index < -0.39 is 39.9 Å². The van der Waals surface area contributed by atoms with Gasteiger partial charge in [-0.05, 0) is 0 Å². The molecule has 4 rings (SSSR count). The van der Waals surface area contributed by atoms with Gasteiger partial charge in [0.1, 0.15) is 23.0 Å². The van der Waals surface area contributed by atoms with Crippen molar-refractivity contribution >= 4 is 39.1 Å². The molecule has 2 aromatic heterocycles. The number of fused-ring (bicyclic) bond motifs is 1. The lowest BCUT2D eigenvalue weighted by molar-refractivity contribution is 0.0466. The average molecular weight is 494 g/mol. The van der Waals surface area contributed by atoms with Gasteiger partial charge in [-0.2, -0.15) is 10.1 Å². The molecule has 0 spiro atoms. The van der Waals surface area contributed by atoms with Gasteiger partial charge in [0.15, 0.2) is 5.82 Å². The van der Waals surface area contributed by atoms with Crippen LogP contribution in [0.15, 0.2) is 18.6 Å². The van der Waals surface area contributed by atoms with Gasteiger partial charge >= 0.3 is 0 Å². The fraction of sp³-hybridized carbons (Fsp3) is 0.588. The first-order valence-corrected chi connectivity index (χ1v) is 11.7. The molecule has 11 nitrogen and oxygen atoms in total. The van der Waals surface area contributed by atoms with E-state index >= 15 is 0 Å². The number of aryl methyl sites for hydroxylation is 1. The Hall–Kier alpha value is -2.13. The van der Waals surface area contributed by atoms with Crippen molar-refractivity contribution in [3.63, 3.8) is 0 Å². The van der Waals surface area contributed by atoms with Crippen molar-refractivity contribution in [2.45, 2.75) is 37.1 Å². The molecular weight excluding hydrogens is 472 g/mol. The highest BCUT2D eigenvalue weighted by molar-refractivity contribution is 7.89. The highest BCUT2D eigenvalue weighted by atomic mass is 35.5. The topological polar surface area (TPSA) is 132 Å². The summed E-state index contributed by atoms with van der Waals surface area (Å²) in [5, 5.41) is 10.5. The van der Waals surface area contributed by atoms with Crippen molar-refractivity contribution < 1.29 is 26.7 Å². The number of hydrogen-bond donors (Lipinski definition) is 3. The molecular formula is C17H22ClF2N7O4S. The molecule has 3 N–H and O–H groups in total. The second-order valence-electron chi connectivity index (χ2n) is 7.82. The number of alkyl halides is 2. The summed E-state index contributed by atoms with van der Waals surface area (Å²) < 4.78 is 65.7. The van der Waals surface area contributed by atoms with Crippen LogP contribution in [0.5, 0.6) is 0 Å². The lowest BCUT2D eigenvalue weighted by atomic mass is 10.1. The Kier molecular flexibility index (Phi) is 6.24. The first-order chi connectivity index (χ1) is 15.0. The summed E-state index contributed by atoms with van der Waals surface area (Å²) in [4.78, 5) is 8.50. The highest BCUT2D eigenvalue weighted by Crippen LogP contribution is 2.31. The minimum absolute atomic E-state index is 0.00660. The molecule has 0 bridgehead atoms. The zero-order valence-electron chi connectivity index (χ0n) is 17.1. The number of aromatic nitrogens is 4. The normalized spacial score (nSPS) is 25.7. The number of hydrogen-bond acceptors (Lipinski definition) is 9. The van der Waals surface area contributed by atoms with Gasteiger partial charge < -0.3 is 20.1 Å². The number of anilines is 3. The zero-order chi connectivity index (χ0) is 23.1. The van der Waals surface area contributed by atoms with Gasteiger partial charge in [0, 0.05) is 20.2 Å². The van der Waals surface area contributed by atoms with Crippen LogP contribution in [0.25, 0.3) is 0 Å².